The lowest BCUT2D eigenvalue weighted by Gasteiger charge is -2.06. The van der Waals surface area contributed by atoms with E-state index < -0.39 is 5.97 Å². The maximum Gasteiger partial charge on any atom is 0.338 e. The van der Waals surface area contributed by atoms with Crippen LogP contribution in [0.1, 0.15) is 22.8 Å². The fourth-order valence-electron chi connectivity index (χ4n) is 1.76. The fraction of sp³-hybridized carbons (Fsp3) is 0.0526. The molecule has 22 heavy (non-hydrogen) atoms. The van der Waals surface area contributed by atoms with E-state index in [1.807, 2.05) is 24.3 Å². The number of carbonyl (C=O) groups excluding carboxylic acids is 2. The maximum absolute atomic E-state index is 12.1. The highest BCUT2D eigenvalue weighted by atomic mass is 16.5. The van der Waals surface area contributed by atoms with Crippen molar-refractivity contribution in [1.82, 2.24) is 0 Å². The monoisotopic (exact) mass is 292 g/mol. The van der Waals surface area contributed by atoms with Crippen LogP contribution in [0.15, 0.2) is 72.8 Å². The molecule has 2 aromatic rings. The van der Waals surface area contributed by atoms with Crippen LogP contribution >= 0.6 is 0 Å². The van der Waals surface area contributed by atoms with Gasteiger partial charge in [0.25, 0.3) is 0 Å². The zero-order valence-corrected chi connectivity index (χ0v) is 12.3. The number of benzene rings is 2. The van der Waals surface area contributed by atoms with Crippen LogP contribution in [0.4, 0.5) is 0 Å². The Labute approximate surface area is 129 Å². The summed E-state index contributed by atoms with van der Waals surface area (Å²) in [5.74, 6) is -0.204. The number of ether oxygens (including phenoxy) is 1. The van der Waals surface area contributed by atoms with E-state index >= 15 is 0 Å². The van der Waals surface area contributed by atoms with E-state index in [0.29, 0.717) is 22.4 Å². The van der Waals surface area contributed by atoms with Gasteiger partial charge in [-0.1, -0.05) is 55.1 Å². The van der Waals surface area contributed by atoms with E-state index in [4.69, 9.17) is 4.74 Å². The second-order valence-corrected chi connectivity index (χ2v) is 4.77. The van der Waals surface area contributed by atoms with Gasteiger partial charge in [-0.15, -0.1) is 0 Å². The lowest BCUT2D eigenvalue weighted by atomic mass is 10.1. The summed E-state index contributed by atoms with van der Waals surface area (Å²) in [6, 6.07) is 16.0. The molecule has 3 nitrogen and oxygen atoms in total. The molecule has 0 aromatic heterocycles. The number of esters is 1. The van der Waals surface area contributed by atoms with Crippen LogP contribution in [0.5, 0.6) is 5.75 Å². The van der Waals surface area contributed by atoms with Gasteiger partial charge in [-0.3, -0.25) is 4.79 Å². The molecule has 0 amide bonds. The third kappa shape index (κ3) is 4.03. The molecule has 0 bridgehead atoms. The number of carbonyl (C=O) groups is 2. The van der Waals surface area contributed by atoms with Crippen molar-refractivity contribution >= 4 is 17.8 Å². The van der Waals surface area contributed by atoms with Crippen molar-refractivity contribution in [3.05, 3.63) is 84.0 Å². The molecule has 0 aliphatic heterocycles. The molecule has 0 N–H and O–H groups in total. The largest absolute Gasteiger partial charge is 0.423 e. The molecule has 3 heteroatoms. The highest BCUT2D eigenvalue weighted by Crippen LogP contribution is 2.20. The number of rotatable bonds is 5. The van der Waals surface area contributed by atoms with Crippen LogP contribution in [0.2, 0.25) is 0 Å². The number of para-hydroxylation sites is 1. The summed E-state index contributed by atoms with van der Waals surface area (Å²) in [5.41, 5.74) is 1.58. The van der Waals surface area contributed by atoms with Crippen molar-refractivity contribution in [2.45, 2.75) is 6.92 Å². The molecule has 0 spiro atoms. The first-order valence-corrected chi connectivity index (χ1v) is 6.82. The first kappa shape index (κ1) is 15.4. The number of hydrogen-bond acceptors (Lipinski definition) is 3. The van der Waals surface area contributed by atoms with Crippen molar-refractivity contribution in [2.75, 3.05) is 0 Å². The van der Waals surface area contributed by atoms with Gasteiger partial charge in [-0.2, -0.15) is 0 Å². The minimum Gasteiger partial charge on any atom is -0.423 e. The summed E-state index contributed by atoms with van der Waals surface area (Å²) in [5, 5.41) is 0. The topological polar surface area (TPSA) is 43.4 Å². The quantitative estimate of drug-likeness (QED) is 0.361. The zero-order valence-electron chi connectivity index (χ0n) is 12.3. The third-order valence-corrected chi connectivity index (χ3v) is 2.94. The first-order valence-electron chi connectivity index (χ1n) is 6.82. The molecule has 0 aliphatic carbocycles. The Morgan fingerprint density at radius 1 is 1.00 bits per heavy atom. The molecule has 0 unspecified atom stereocenters. The third-order valence-electron chi connectivity index (χ3n) is 2.94. The Balaban J connectivity index is 2.19. The standard InChI is InChI=1S/C19H16O3/c1-14(2)19(21)22-18-11-7-6-10-16(18)12-13-17(20)15-8-4-3-5-9-15/h3-13H,1H2,2H3/b13-12+. The SMILES string of the molecule is C=C(C)C(=O)Oc1ccccc1/C=C/C(=O)c1ccccc1. The van der Waals surface area contributed by atoms with Crippen LogP contribution in [-0.4, -0.2) is 11.8 Å². The van der Waals surface area contributed by atoms with Crippen LogP contribution in [0, 0.1) is 0 Å². The molecule has 2 rings (SSSR count). The minimum absolute atomic E-state index is 0.110. The van der Waals surface area contributed by atoms with Crippen LogP contribution in [-0.2, 0) is 4.79 Å². The van der Waals surface area contributed by atoms with Gasteiger partial charge in [0.2, 0.25) is 0 Å². The summed E-state index contributed by atoms with van der Waals surface area (Å²) in [7, 11) is 0. The summed E-state index contributed by atoms with van der Waals surface area (Å²) in [6.45, 7) is 5.13. The fourth-order valence-corrected chi connectivity index (χ4v) is 1.76. The lowest BCUT2D eigenvalue weighted by molar-refractivity contribution is -0.130. The molecule has 2 aromatic carbocycles. The molecular formula is C19H16O3. The second kappa shape index (κ2) is 7.18. The molecule has 0 saturated carbocycles. The Hall–Kier alpha value is -2.94. The van der Waals surface area contributed by atoms with Gasteiger partial charge in [0, 0.05) is 16.7 Å². The Morgan fingerprint density at radius 3 is 2.32 bits per heavy atom. The Bertz CT molecular complexity index is 727. The van der Waals surface area contributed by atoms with Gasteiger partial charge in [0.15, 0.2) is 5.78 Å². The summed E-state index contributed by atoms with van der Waals surface area (Å²) in [6.07, 6.45) is 3.10. The first-order chi connectivity index (χ1) is 10.6. The minimum atomic E-state index is -0.491. The molecule has 0 atom stereocenters. The molecule has 0 radical (unpaired) electrons. The van der Waals surface area contributed by atoms with Gasteiger partial charge < -0.3 is 4.74 Å². The lowest BCUT2D eigenvalue weighted by Crippen LogP contribution is -2.08. The smallest absolute Gasteiger partial charge is 0.338 e. The highest BCUT2D eigenvalue weighted by molar-refractivity contribution is 6.07. The van der Waals surface area contributed by atoms with E-state index in [2.05, 4.69) is 6.58 Å². The van der Waals surface area contributed by atoms with Crippen molar-refractivity contribution in [1.29, 1.82) is 0 Å². The van der Waals surface area contributed by atoms with Gasteiger partial charge in [0.1, 0.15) is 5.75 Å². The zero-order chi connectivity index (χ0) is 15.9. The summed E-state index contributed by atoms with van der Waals surface area (Å²) < 4.78 is 5.24. The second-order valence-electron chi connectivity index (χ2n) is 4.77. The van der Waals surface area contributed by atoms with Gasteiger partial charge in [-0.25, -0.2) is 4.79 Å². The molecule has 110 valence electrons. The molecule has 0 saturated heterocycles. The van der Waals surface area contributed by atoms with E-state index in [0.717, 1.165) is 0 Å². The van der Waals surface area contributed by atoms with E-state index in [1.165, 1.54) is 6.08 Å². The van der Waals surface area contributed by atoms with Gasteiger partial charge >= 0.3 is 5.97 Å². The van der Waals surface area contributed by atoms with Crippen LogP contribution in [0.25, 0.3) is 6.08 Å². The predicted octanol–water partition coefficient (Wildman–Crippen LogP) is 4.06. The Morgan fingerprint density at radius 2 is 1.64 bits per heavy atom. The van der Waals surface area contributed by atoms with E-state index in [1.54, 1.807) is 43.3 Å². The number of hydrogen-bond donors (Lipinski definition) is 0. The van der Waals surface area contributed by atoms with E-state index in [9.17, 15) is 9.59 Å². The van der Waals surface area contributed by atoms with E-state index in [-0.39, 0.29) is 5.78 Å². The van der Waals surface area contributed by atoms with Crippen molar-refractivity contribution in [2.24, 2.45) is 0 Å². The molecular weight excluding hydrogens is 276 g/mol. The highest BCUT2D eigenvalue weighted by Gasteiger charge is 2.08. The summed E-state index contributed by atoms with van der Waals surface area (Å²) in [4.78, 5) is 23.7. The van der Waals surface area contributed by atoms with Crippen LogP contribution in [0.3, 0.4) is 0 Å². The Kier molecular flexibility index (Phi) is 5.04. The molecule has 0 fully saturated rings. The van der Waals surface area contributed by atoms with Gasteiger partial charge in [0.05, 0.1) is 0 Å². The number of allylic oxidation sites excluding steroid dienone is 1. The van der Waals surface area contributed by atoms with Crippen molar-refractivity contribution < 1.29 is 14.3 Å². The summed E-state index contributed by atoms with van der Waals surface area (Å²) >= 11 is 0. The van der Waals surface area contributed by atoms with Crippen molar-refractivity contribution in [3.8, 4) is 5.75 Å². The normalized spacial score (nSPS) is 10.4. The predicted molar refractivity (Wildman–Crippen MR) is 86.7 cm³/mol. The van der Waals surface area contributed by atoms with Gasteiger partial charge in [-0.05, 0) is 25.1 Å². The molecule has 0 heterocycles. The number of ketones is 1. The average Bonchev–Trinajstić information content (AvgIpc) is 2.54. The average molecular weight is 292 g/mol. The molecule has 0 aliphatic rings. The van der Waals surface area contributed by atoms with Crippen molar-refractivity contribution in [3.63, 3.8) is 0 Å². The maximum atomic E-state index is 12.1. The van der Waals surface area contributed by atoms with Crippen LogP contribution < -0.4 is 4.74 Å².